The van der Waals surface area contributed by atoms with E-state index in [0.29, 0.717) is 41.8 Å². The van der Waals surface area contributed by atoms with Crippen LogP contribution in [-0.2, 0) is 19.1 Å². The predicted octanol–water partition coefficient (Wildman–Crippen LogP) is 5.92. The van der Waals surface area contributed by atoms with E-state index >= 15 is 0 Å². The summed E-state index contributed by atoms with van der Waals surface area (Å²) < 4.78 is 11.7. The second-order valence-corrected chi connectivity index (χ2v) is 13.1. The fourth-order valence-electron chi connectivity index (χ4n) is 8.74. The van der Waals surface area contributed by atoms with Crippen molar-refractivity contribution in [3.63, 3.8) is 0 Å². The molecule has 4 fully saturated rings. The van der Waals surface area contributed by atoms with Gasteiger partial charge in [0.25, 0.3) is 0 Å². The molecule has 0 spiro atoms. The molecule has 1 heterocycles. The fourth-order valence-corrected chi connectivity index (χ4v) is 8.74. The van der Waals surface area contributed by atoms with Crippen molar-refractivity contribution in [3.8, 4) is 0 Å². The van der Waals surface area contributed by atoms with E-state index in [1.54, 1.807) is 0 Å². The Morgan fingerprint density at radius 2 is 1.85 bits per heavy atom. The van der Waals surface area contributed by atoms with Crippen LogP contribution in [0.15, 0.2) is 0 Å². The van der Waals surface area contributed by atoms with E-state index in [-0.39, 0.29) is 34.9 Å². The summed E-state index contributed by atoms with van der Waals surface area (Å²) in [4.78, 5) is 25.6. The maximum Gasteiger partial charge on any atom is 0.302 e. The van der Waals surface area contributed by atoms with Crippen molar-refractivity contribution in [1.29, 1.82) is 0 Å². The fraction of sp³-hybridized carbons (Fsp3) is 0.931. The lowest BCUT2D eigenvalue weighted by atomic mass is 9.52. The summed E-state index contributed by atoms with van der Waals surface area (Å²) in [5.41, 5.74) is -0.372. The molecule has 194 valence electrons. The molecule has 0 aromatic heterocycles. The molecular formula is C29H48O5. The molecular weight excluding hydrogens is 428 g/mol. The molecule has 4 aliphatic rings. The molecule has 1 N–H and O–H groups in total. The second-order valence-electron chi connectivity index (χ2n) is 13.1. The average Bonchev–Trinajstić information content (AvgIpc) is 3.03. The number of ether oxygens (including phenoxy) is 2. The van der Waals surface area contributed by atoms with Crippen molar-refractivity contribution < 1.29 is 24.2 Å². The number of hydrogen-bond acceptors (Lipinski definition) is 5. The number of carbonyl (C=O) groups is 2. The Kier molecular flexibility index (Phi) is 7.56. The highest BCUT2D eigenvalue weighted by molar-refractivity contribution is 5.88. The summed E-state index contributed by atoms with van der Waals surface area (Å²) in [6.45, 7) is 12.8. The lowest BCUT2D eigenvalue weighted by Crippen LogP contribution is -2.52. The molecule has 0 aromatic rings. The number of fused-ring (bicyclic) bond motifs is 2. The van der Waals surface area contributed by atoms with Gasteiger partial charge >= 0.3 is 5.97 Å². The number of aliphatic hydroxyl groups excluding tert-OH is 1. The van der Waals surface area contributed by atoms with E-state index in [9.17, 15) is 14.7 Å². The zero-order valence-corrected chi connectivity index (χ0v) is 22.3. The van der Waals surface area contributed by atoms with Crippen LogP contribution in [0.3, 0.4) is 0 Å². The van der Waals surface area contributed by atoms with E-state index in [0.717, 1.165) is 57.8 Å². The van der Waals surface area contributed by atoms with Crippen molar-refractivity contribution in [3.05, 3.63) is 0 Å². The molecule has 0 amide bonds. The normalized spacial score (nSPS) is 47.1. The molecule has 0 aromatic carbocycles. The van der Waals surface area contributed by atoms with Gasteiger partial charge in [-0.2, -0.15) is 0 Å². The molecule has 3 saturated carbocycles. The quantitative estimate of drug-likeness (QED) is 0.499. The van der Waals surface area contributed by atoms with Crippen molar-refractivity contribution in [2.45, 2.75) is 124 Å². The highest BCUT2D eigenvalue weighted by atomic mass is 16.6. The number of ketones is 1. The van der Waals surface area contributed by atoms with Crippen molar-refractivity contribution in [2.75, 3.05) is 0 Å². The maximum absolute atomic E-state index is 14.1. The number of hydrogen-bond donors (Lipinski definition) is 1. The molecule has 1 unspecified atom stereocenters. The van der Waals surface area contributed by atoms with Gasteiger partial charge in [-0.1, -0.05) is 34.6 Å². The molecule has 1 saturated heterocycles. The highest BCUT2D eigenvalue weighted by Crippen LogP contribution is 2.62. The van der Waals surface area contributed by atoms with Gasteiger partial charge < -0.3 is 14.6 Å². The SMILES string of the molecule is CC(=O)O[C@H]1CC[C@]2(C)C(=O)[C@H]([C@@H]3CC[C@@H]4[C@H](C)[C@H](CCC(C)C)OC(O)C[C@]43C)CC[C@H]2C1. The van der Waals surface area contributed by atoms with Crippen LogP contribution >= 0.6 is 0 Å². The van der Waals surface area contributed by atoms with Crippen LogP contribution in [-0.4, -0.2) is 35.4 Å². The third kappa shape index (κ3) is 4.73. The summed E-state index contributed by atoms with van der Waals surface area (Å²) in [6.07, 6.45) is 8.69. The van der Waals surface area contributed by atoms with E-state index in [1.165, 1.54) is 6.92 Å². The zero-order chi connectivity index (χ0) is 24.8. The summed E-state index contributed by atoms with van der Waals surface area (Å²) in [5.74, 6) is 2.45. The number of Topliss-reactive ketones (excluding diaryl/α,β-unsaturated/α-hetero) is 1. The van der Waals surface area contributed by atoms with E-state index in [1.807, 2.05) is 0 Å². The van der Waals surface area contributed by atoms with Crippen LogP contribution in [0.4, 0.5) is 0 Å². The van der Waals surface area contributed by atoms with Gasteiger partial charge in [0.1, 0.15) is 11.9 Å². The smallest absolute Gasteiger partial charge is 0.302 e. The number of rotatable bonds is 5. The molecule has 4 rings (SSSR count). The molecule has 10 atom stereocenters. The van der Waals surface area contributed by atoms with Gasteiger partial charge in [0.2, 0.25) is 0 Å². The first-order valence-corrected chi connectivity index (χ1v) is 14.0. The number of carbonyl (C=O) groups excluding carboxylic acids is 2. The summed E-state index contributed by atoms with van der Waals surface area (Å²) in [5, 5.41) is 10.9. The van der Waals surface area contributed by atoms with Crippen LogP contribution < -0.4 is 0 Å². The van der Waals surface area contributed by atoms with Gasteiger partial charge in [-0.15, -0.1) is 0 Å². The minimum absolute atomic E-state index is 0.0360. The monoisotopic (exact) mass is 476 g/mol. The Morgan fingerprint density at radius 1 is 1.15 bits per heavy atom. The zero-order valence-electron chi connectivity index (χ0n) is 22.3. The van der Waals surface area contributed by atoms with Gasteiger partial charge in [0.15, 0.2) is 6.29 Å². The van der Waals surface area contributed by atoms with Crippen molar-refractivity contribution in [1.82, 2.24) is 0 Å². The third-order valence-electron chi connectivity index (χ3n) is 10.7. The van der Waals surface area contributed by atoms with Crippen LogP contribution in [0, 0.1) is 46.3 Å². The van der Waals surface area contributed by atoms with E-state index < -0.39 is 6.29 Å². The minimum atomic E-state index is -0.739. The largest absolute Gasteiger partial charge is 0.463 e. The molecule has 0 radical (unpaired) electrons. The molecule has 1 aliphatic heterocycles. The van der Waals surface area contributed by atoms with E-state index in [2.05, 4.69) is 34.6 Å². The summed E-state index contributed by atoms with van der Waals surface area (Å²) >= 11 is 0. The molecule has 0 bridgehead atoms. The Bertz CT molecular complexity index is 764. The van der Waals surface area contributed by atoms with Crippen LogP contribution in [0.1, 0.15) is 106 Å². The minimum Gasteiger partial charge on any atom is -0.463 e. The van der Waals surface area contributed by atoms with Crippen LogP contribution in [0.2, 0.25) is 0 Å². The summed E-state index contributed by atoms with van der Waals surface area (Å²) in [7, 11) is 0. The first-order chi connectivity index (χ1) is 16.0. The molecule has 3 aliphatic carbocycles. The van der Waals surface area contributed by atoms with Crippen molar-refractivity contribution >= 4 is 11.8 Å². The lowest BCUT2D eigenvalue weighted by Gasteiger charge is -2.51. The Labute approximate surface area is 206 Å². The van der Waals surface area contributed by atoms with Gasteiger partial charge in [0.05, 0.1) is 6.10 Å². The summed E-state index contributed by atoms with van der Waals surface area (Å²) in [6, 6.07) is 0. The molecule has 5 heteroatoms. The van der Waals surface area contributed by atoms with Crippen LogP contribution in [0.25, 0.3) is 0 Å². The Hall–Kier alpha value is -0.940. The Balaban J connectivity index is 1.51. The second kappa shape index (κ2) is 9.84. The van der Waals surface area contributed by atoms with Gasteiger partial charge in [-0.05, 0) is 92.8 Å². The maximum atomic E-state index is 14.1. The lowest BCUT2D eigenvalue weighted by molar-refractivity contribution is -0.162. The molecule has 34 heavy (non-hydrogen) atoms. The first-order valence-electron chi connectivity index (χ1n) is 14.0. The first kappa shape index (κ1) is 26.1. The third-order valence-corrected chi connectivity index (χ3v) is 10.7. The van der Waals surface area contributed by atoms with Crippen LogP contribution in [0.5, 0.6) is 0 Å². The topological polar surface area (TPSA) is 72.8 Å². The van der Waals surface area contributed by atoms with Crippen molar-refractivity contribution in [2.24, 2.45) is 46.3 Å². The van der Waals surface area contributed by atoms with Gasteiger partial charge in [-0.25, -0.2) is 0 Å². The standard InChI is InChI=1S/C29H48O5/c1-17(2)7-12-25-18(3)23-10-11-24(29(23,6)16-26(31)34-25)22-9-8-20-15-21(33-19(4)30)13-14-28(20,5)27(22)32/h17-18,20-26,31H,7-16H2,1-6H3/t18-,20-,21-,22-,23+,24-,25-,26?,28-,29+/m0/s1. The Morgan fingerprint density at radius 3 is 2.53 bits per heavy atom. The average molecular weight is 477 g/mol. The highest BCUT2D eigenvalue weighted by Gasteiger charge is 2.59. The predicted molar refractivity (Wildman–Crippen MR) is 132 cm³/mol. The van der Waals surface area contributed by atoms with E-state index in [4.69, 9.17) is 9.47 Å². The molecule has 5 nitrogen and oxygen atoms in total. The van der Waals surface area contributed by atoms with Gasteiger partial charge in [-0.3, -0.25) is 9.59 Å². The number of esters is 1. The number of aliphatic hydroxyl groups is 1. The van der Waals surface area contributed by atoms with Gasteiger partial charge in [0, 0.05) is 24.7 Å².